The van der Waals surface area contributed by atoms with Gasteiger partial charge in [-0.15, -0.1) is 0 Å². The van der Waals surface area contributed by atoms with Crippen LogP contribution in [0.2, 0.25) is 0 Å². The number of hydrogen-bond acceptors (Lipinski definition) is 5. The second-order valence-electron chi connectivity index (χ2n) is 8.10. The highest BCUT2D eigenvalue weighted by atomic mass is 16.1. The van der Waals surface area contributed by atoms with Crippen molar-refractivity contribution in [3.8, 4) is 22.5 Å². The van der Waals surface area contributed by atoms with Crippen molar-refractivity contribution in [2.75, 3.05) is 23.7 Å². The average Bonchev–Trinajstić information content (AvgIpc) is 3.20. The monoisotopic (exact) mass is 399 g/mol. The summed E-state index contributed by atoms with van der Waals surface area (Å²) in [5.74, 6) is 0.365. The Bertz CT molecular complexity index is 1110. The fraction of sp³-hybridized carbons (Fsp3) is 0.292. The van der Waals surface area contributed by atoms with Gasteiger partial charge in [0.2, 0.25) is 0 Å². The molecule has 1 saturated heterocycles. The van der Waals surface area contributed by atoms with Crippen LogP contribution in [0.3, 0.4) is 0 Å². The maximum absolute atomic E-state index is 12.0. The lowest BCUT2D eigenvalue weighted by Crippen LogP contribution is -2.31. The predicted molar refractivity (Wildman–Crippen MR) is 119 cm³/mol. The van der Waals surface area contributed by atoms with Crippen LogP contribution < -0.4 is 16.0 Å². The molecule has 0 aliphatic carbocycles. The number of nitrogens with one attached hydrogen (secondary N) is 1. The summed E-state index contributed by atoms with van der Waals surface area (Å²) < 4.78 is 0. The van der Waals surface area contributed by atoms with Crippen LogP contribution in [0.25, 0.3) is 22.5 Å². The van der Waals surface area contributed by atoms with Crippen LogP contribution in [0.15, 0.2) is 48.7 Å². The maximum atomic E-state index is 12.0. The number of nitrogens with two attached hydrogens (primary N) is 1. The van der Waals surface area contributed by atoms with E-state index in [-0.39, 0.29) is 5.91 Å². The molecule has 152 valence electrons. The van der Waals surface area contributed by atoms with E-state index in [0.717, 1.165) is 40.9 Å². The molecule has 0 bridgehead atoms. The first-order valence-electron chi connectivity index (χ1n) is 10.5. The second kappa shape index (κ2) is 7.44. The molecule has 0 spiro atoms. The largest absolute Gasteiger partial charge is 0.382 e. The molecule has 2 aliphatic rings. The van der Waals surface area contributed by atoms with Gasteiger partial charge in [-0.3, -0.25) is 4.79 Å². The van der Waals surface area contributed by atoms with Crippen LogP contribution in [-0.2, 0) is 6.42 Å². The molecule has 1 fully saturated rings. The molecule has 30 heavy (non-hydrogen) atoms. The first kappa shape index (κ1) is 18.6. The van der Waals surface area contributed by atoms with Crippen molar-refractivity contribution in [3.63, 3.8) is 0 Å². The summed E-state index contributed by atoms with van der Waals surface area (Å²) in [5, 5.41) is 2.87. The molecule has 0 saturated carbocycles. The van der Waals surface area contributed by atoms with Crippen LogP contribution in [0.5, 0.6) is 0 Å². The Hall–Kier alpha value is -3.41. The van der Waals surface area contributed by atoms with E-state index in [1.54, 1.807) is 6.20 Å². The molecular formula is C24H25N5O. The Kier molecular flexibility index (Phi) is 4.62. The van der Waals surface area contributed by atoms with Gasteiger partial charge in [0.1, 0.15) is 11.5 Å². The number of benzene rings is 2. The molecule has 3 N–H and O–H groups in total. The van der Waals surface area contributed by atoms with Gasteiger partial charge in [0.25, 0.3) is 5.91 Å². The molecule has 5 rings (SSSR count). The molecule has 3 aromatic rings. The number of carbonyl (C=O) groups excluding carboxylic acids is 1. The molecule has 2 aliphatic heterocycles. The highest BCUT2D eigenvalue weighted by Crippen LogP contribution is 2.30. The average molecular weight is 399 g/mol. The topological polar surface area (TPSA) is 84.1 Å². The summed E-state index contributed by atoms with van der Waals surface area (Å²) in [7, 11) is 0. The lowest BCUT2D eigenvalue weighted by Gasteiger charge is -2.23. The summed E-state index contributed by atoms with van der Waals surface area (Å²) in [6.07, 6.45) is 5.02. The van der Waals surface area contributed by atoms with E-state index in [1.807, 2.05) is 18.2 Å². The van der Waals surface area contributed by atoms with Gasteiger partial charge < -0.3 is 16.0 Å². The zero-order valence-electron chi connectivity index (χ0n) is 17.1. The minimum atomic E-state index is -0.0250. The number of anilines is 2. The van der Waals surface area contributed by atoms with Gasteiger partial charge in [0.05, 0.1) is 11.9 Å². The van der Waals surface area contributed by atoms with Crippen LogP contribution in [0.4, 0.5) is 11.5 Å². The van der Waals surface area contributed by atoms with E-state index < -0.39 is 0 Å². The van der Waals surface area contributed by atoms with Crippen molar-refractivity contribution < 1.29 is 4.79 Å². The molecule has 0 unspecified atom stereocenters. The van der Waals surface area contributed by atoms with Gasteiger partial charge in [0.15, 0.2) is 0 Å². The first-order chi connectivity index (χ1) is 14.6. The summed E-state index contributed by atoms with van der Waals surface area (Å²) in [5.41, 5.74) is 12.5. The Labute approximate surface area is 176 Å². The van der Waals surface area contributed by atoms with Crippen LogP contribution in [-0.4, -0.2) is 35.0 Å². The van der Waals surface area contributed by atoms with Crippen molar-refractivity contribution in [3.05, 3.63) is 59.8 Å². The lowest BCUT2D eigenvalue weighted by atomic mass is 9.96. The molecule has 1 aromatic heterocycles. The Morgan fingerprint density at radius 2 is 1.93 bits per heavy atom. The number of aromatic nitrogens is 2. The number of nitrogens with zero attached hydrogens (tertiary/aromatic N) is 3. The smallest absolute Gasteiger partial charge is 0.251 e. The lowest BCUT2D eigenvalue weighted by molar-refractivity contribution is 0.0946. The Balaban J connectivity index is 1.47. The van der Waals surface area contributed by atoms with E-state index in [9.17, 15) is 4.79 Å². The van der Waals surface area contributed by atoms with Gasteiger partial charge >= 0.3 is 0 Å². The van der Waals surface area contributed by atoms with Crippen molar-refractivity contribution in [1.82, 2.24) is 15.3 Å². The van der Waals surface area contributed by atoms with E-state index in [0.29, 0.717) is 24.1 Å². The highest BCUT2D eigenvalue weighted by molar-refractivity contribution is 5.97. The van der Waals surface area contributed by atoms with Crippen molar-refractivity contribution in [1.29, 1.82) is 0 Å². The van der Waals surface area contributed by atoms with Crippen molar-refractivity contribution in [2.45, 2.75) is 32.2 Å². The number of fused-ring (bicyclic) bond motifs is 1. The van der Waals surface area contributed by atoms with Gasteiger partial charge in [-0.25, -0.2) is 9.97 Å². The third-order valence-corrected chi connectivity index (χ3v) is 6.15. The summed E-state index contributed by atoms with van der Waals surface area (Å²) in [6, 6.07) is 14.9. The third-order valence-electron chi connectivity index (χ3n) is 6.15. The molecule has 6 nitrogen and oxygen atoms in total. The van der Waals surface area contributed by atoms with E-state index in [1.165, 1.54) is 18.5 Å². The molecular weight excluding hydrogens is 374 g/mol. The first-order valence-corrected chi connectivity index (χ1v) is 10.5. The zero-order valence-corrected chi connectivity index (χ0v) is 17.1. The van der Waals surface area contributed by atoms with Crippen molar-refractivity contribution >= 4 is 17.4 Å². The standard InChI is InChI=1S/C24H25N5O/c1-15-3-2-12-29(15)19-7-4-16(5-8-19)21-14-27-23(25)22(28-21)18-6-9-20-17(13-18)10-11-26-24(20)30/h4-9,13-15H,2-3,10-12H2,1H3,(H2,25,27)(H,26,30)/t15-/m1/s1. The van der Waals surface area contributed by atoms with Crippen molar-refractivity contribution in [2.24, 2.45) is 0 Å². The van der Waals surface area contributed by atoms with E-state index in [4.69, 9.17) is 10.7 Å². The fourth-order valence-electron chi connectivity index (χ4n) is 4.47. The normalized spacial score (nSPS) is 18.2. The number of carbonyl (C=O) groups is 1. The van der Waals surface area contributed by atoms with Crippen LogP contribution >= 0.6 is 0 Å². The minimum Gasteiger partial charge on any atom is -0.382 e. The third kappa shape index (κ3) is 3.28. The number of hydrogen-bond donors (Lipinski definition) is 2. The van der Waals surface area contributed by atoms with Gasteiger partial charge in [0, 0.05) is 41.5 Å². The zero-order chi connectivity index (χ0) is 20.7. The molecule has 0 radical (unpaired) electrons. The minimum absolute atomic E-state index is 0.0250. The van der Waals surface area contributed by atoms with E-state index >= 15 is 0 Å². The molecule has 3 heterocycles. The van der Waals surface area contributed by atoms with Gasteiger partial charge in [-0.1, -0.05) is 18.2 Å². The number of amides is 1. The van der Waals surface area contributed by atoms with E-state index in [2.05, 4.69) is 46.4 Å². The molecule has 2 aromatic carbocycles. The molecule has 1 amide bonds. The number of rotatable bonds is 3. The van der Waals surface area contributed by atoms with Crippen LogP contribution in [0.1, 0.15) is 35.7 Å². The summed E-state index contributed by atoms with van der Waals surface area (Å²) >= 11 is 0. The maximum Gasteiger partial charge on any atom is 0.251 e. The van der Waals surface area contributed by atoms with Gasteiger partial charge in [-0.2, -0.15) is 0 Å². The Morgan fingerprint density at radius 1 is 1.13 bits per heavy atom. The Morgan fingerprint density at radius 3 is 2.70 bits per heavy atom. The van der Waals surface area contributed by atoms with Gasteiger partial charge in [-0.05, 0) is 56.0 Å². The summed E-state index contributed by atoms with van der Waals surface area (Å²) in [4.78, 5) is 23.7. The van der Waals surface area contributed by atoms with Crippen LogP contribution in [0, 0.1) is 0 Å². The fourth-order valence-corrected chi connectivity index (χ4v) is 4.47. The second-order valence-corrected chi connectivity index (χ2v) is 8.10. The highest BCUT2D eigenvalue weighted by Gasteiger charge is 2.21. The SMILES string of the molecule is C[C@@H]1CCCN1c1ccc(-c2cnc(N)c(-c3ccc4c(c3)CCNC4=O)n2)cc1. The molecule has 1 atom stereocenters. The number of nitrogen functional groups attached to an aromatic ring is 1. The molecule has 6 heteroatoms. The predicted octanol–water partition coefficient (Wildman–Crippen LogP) is 3.67. The quantitative estimate of drug-likeness (QED) is 0.702. The summed E-state index contributed by atoms with van der Waals surface area (Å²) in [6.45, 7) is 4.04.